The molecule has 74 valence electrons. The molecule has 0 atom stereocenters. The molecule has 1 aromatic heterocycles. The number of hydrogen-bond acceptors (Lipinski definition) is 6. The third kappa shape index (κ3) is 2.27. The summed E-state index contributed by atoms with van der Waals surface area (Å²) in [6, 6.07) is 0.423. The Labute approximate surface area is 77.4 Å². The third-order valence-electron chi connectivity index (χ3n) is 1.21. The summed E-state index contributed by atoms with van der Waals surface area (Å²) in [4.78, 5) is 24.9. The smallest absolute Gasteiger partial charge is 0.378 e. The van der Waals surface area contributed by atoms with Gasteiger partial charge in [0.1, 0.15) is 5.82 Å². The zero-order valence-electron chi connectivity index (χ0n) is 6.89. The number of hydrogen-bond donors (Lipinski definition) is 4. The fourth-order valence-corrected chi connectivity index (χ4v) is 0.637. The van der Waals surface area contributed by atoms with Crippen molar-refractivity contribution in [3.05, 3.63) is 22.7 Å². The Bertz CT molecular complexity index is 411. The zero-order valence-corrected chi connectivity index (χ0v) is 6.89. The Kier molecular flexibility index (Phi) is 2.74. The van der Waals surface area contributed by atoms with E-state index in [1.807, 2.05) is 5.43 Å². The lowest BCUT2D eigenvalue weighted by atomic mass is 10.6. The molecule has 0 spiro atoms. The van der Waals surface area contributed by atoms with Crippen LogP contribution in [0.5, 0.6) is 0 Å². The normalized spacial score (nSPS) is 9.14. The lowest BCUT2D eigenvalue weighted by molar-refractivity contribution is 0.247. The summed E-state index contributed by atoms with van der Waals surface area (Å²) in [7, 11) is 0. The van der Waals surface area contributed by atoms with Crippen molar-refractivity contribution in [3.8, 4) is 0 Å². The molecule has 0 aromatic carbocycles. The molecule has 1 aromatic rings. The predicted molar refractivity (Wildman–Crippen MR) is 45.9 cm³/mol. The molecule has 0 unspecified atom stereocenters. The van der Waals surface area contributed by atoms with Gasteiger partial charge in [0, 0.05) is 6.20 Å². The Morgan fingerprint density at radius 3 is 3.00 bits per heavy atom. The minimum atomic E-state index is -0.936. The van der Waals surface area contributed by atoms with E-state index >= 15 is 0 Å². The summed E-state index contributed by atoms with van der Waals surface area (Å²) in [5.41, 5.74) is 15.0. The van der Waals surface area contributed by atoms with Crippen molar-refractivity contribution >= 4 is 11.8 Å². The molecule has 0 aliphatic rings. The highest BCUT2D eigenvalue weighted by molar-refractivity contribution is 5.73. The summed E-state index contributed by atoms with van der Waals surface area (Å²) in [5.74, 6) is 0.0737. The largest absolute Gasteiger partial charge is 0.383 e. The van der Waals surface area contributed by atoms with E-state index in [9.17, 15) is 9.59 Å². The summed E-state index contributed by atoms with van der Waals surface area (Å²) in [6.45, 7) is 0. The Morgan fingerprint density at radius 1 is 1.71 bits per heavy atom. The molecule has 0 fully saturated rings. The van der Waals surface area contributed by atoms with Gasteiger partial charge in [0.05, 0.1) is 0 Å². The third-order valence-corrected chi connectivity index (χ3v) is 1.21. The molecule has 0 saturated carbocycles. The maximum absolute atomic E-state index is 11.0. The highest BCUT2D eigenvalue weighted by atomic mass is 16.2. The predicted octanol–water partition coefficient (Wildman–Crippen LogP) is -0.975. The molecule has 0 bridgehead atoms. The number of hydrazine groups is 1. The van der Waals surface area contributed by atoms with Crippen LogP contribution in [0.15, 0.2) is 22.2 Å². The van der Waals surface area contributed by atoms with Crippen molar-refractivity contribution in [1.82, 2.24) is 15.1 Å². The van der Waals surface area contributed by atoms with Gasteiger partial charge >= 0.3 is 11.7 Å². The summed E-state index contributed by atoms with van der Waals surface area (Å²) < 4.78 is 0.874. The molecule has 0 radical (unpaired) electrons. The number of urea groups is 1. The van der Waals surface area contributed by atoms with E-state index in [4.69, 9.17) is 11.3 Å². The van der Waals surface area contributed by atoms with Crippen LogP contribution in [0.4, 0.5) is 10.6 Å². The summed E-state index contributed by atoms with van der Waals surface area (Å²) >= 11 is 0. The van der Waals surface area contributed by atoms with Gasteiger partial charge in [0.2, 0.25) is 0 Å². The van der Waals surface area contributed by atoms with Crippen molar-refractivity contribution < 1.29 is 4.79 Å². The van der Waals surface area contributed by atoms with Gasteiger partial charge in [-0.15, -0.1) is 0 Å². The van der Waals surface area contributed by atoms with E-state index < -0.39 is 11.7 Å². The number of nitrogens with two attached hydrogens (primary N) is 1. The van der Waals surface area contributed by atoms with Gasteiger partial charge in [-0.2, -0.15) is 15.2 Å². The monoisotopic (exact) mass is 197 g/mol. The van der Waals surface area contributed by atoms with E-state index in [2.05, 4.69) is 15.6 Å². The van der Waals surface area contributed by atoms with E-state index in [0.29, 0.717) is 0 Å². The number of nitrogen functional groups attached to an aromatic ring is 1. The van der Waals surface area contributed by atoms with Crippen LogP contribution in [0.1, 0.15) is 0 Å². The van der Waals surface area contributed by atoms with Crippen LogP contribution in [-0.4, -0.2) is 15.7 Å². The van der Waals surface area contributed by atoms with Crippen LogP contribution in [0.2, 0.25) is 0 Å². The Morgan fingerprint density at radius 2 is 2.43 bits per heavy atom. The van der Waals surface area contributed by atoms with Crippen LogP contribution >= 0.6 is 0 Å². The van der Waals surface area contributed by atoms with Crippen molar-refractivity contribution in [1.29, 1.82) is 5.53 Å². The SMILES string of the molecule is N=NC(=O)NNn1ccc(N)nc1=O. The Hall–Kier alpha value is -2.45. The van der Waals surface area contributed by atoms with Gasteiger partial charge in [-0.3, -0.25) is 0 Å². The maximum Gasteiger partial charge on any atom is 0.378 e. The van der Waals surface area contributed by atoms with Gasteiger partial charge in [0.15, 0.2) is 0 Å². The van der Waals surface area contributed by atoms with Crippen LogP contribution in [0, 0.1) is 5.53 Å². The second kappa shape index (κ2) is 3.98. The van der Waals surface area contributed by atoms with Crippen molar-refractivity contribution in [2.45, 2.75) is 0 Å². The molecule has 1 rings (SSSR count). The number of carbonyl (C=O) groups is 1. The van der Waals surface area contributed by atoms with Gasteiger partial charge in [-0.25, -0.2) is 20.5 Å². The summed E-state index contributed by atoms with van der Waals surface area (Å²) in [5, 5.41) is 2.53. The molecular weight excluding hydrogens is 190 g/mol. The lowest BCUT2D eigenvalue weighted by Crippen LogP contribution is -2.40. The van der Waals surface area contributed by atoms with Crippen LogP contribution in [0.25, 0.3) is 0 Å². The minimum absolute atomic E-state index is 0.0737. The summed E-state index contributed by atoms with van der Waals surface area (Å²) in [6.07, 6.45) is 1.27. The number of anilines is 1. The van der Waals surface area contributed by atoms with Crippen LogP contribution in [0.3, 0.4) is 0 Å². The molecule has 1 heterocycles. The van der Waals surface area contributed by atoms with E-state index in [1.165, 1.54) is 12.3 Å². The fourth-order valence-electron chi connectivity index (χ4n) is 0.637. The molecule has 0 aliphatic heterocycles. The fraction of sp³-hybridized carbons (Fsp3) is 0. The first-order chi connectivity index (χ1) is 6.63. The Balaban J connectivity index is 2.73. The number of nitrogens with zero attached hydrogens (tertiary/aromatic N) is 3. The number of carbonyl (C=O) groups excluding carboxylic acids is 1. The van der Waals surface area contributed by atoms with Crippen LogP contribution in [-0.2, 0) is 0 Å². The number of amides is 2. The van der Waals surface area contributed by atoms with Crippen LogP contribution < -0.4 is 22.4 Å². The van der Waals surface area contributed by atoms with Crippen molar-refractivity contribution in [3.63, 3.8) is 0 Å². The first-order valence-electron chi connectivity index (χ1n) is 3.42. The van der Waals surface area contributed by atoms with Gasteiger partial charge in [-0.1, -0.05) is 5.11 Å². The van der Waals surface area contributed by atoms with Crippen molar-refractivity contribution in [2.24, 2.45) is 5.11 Å². The molecule has 0 saturated heterocycles. The van der Waals surface area contributed by atoms with Crippen molar-refractivity contribution in [2.75, 3.05) is 11.3 Å². The second-order valence-corrected chi connectivity index (χ2v) is 2.16. The number of nitrogens with one attached hydrogen (secondary N) is 3. The molecule has 2 amide bonds. The van der Waals surface area contributed by atoms with E-state index in [1.54, 1.807) is 0 Å². The van der Waals surface area contributed by atoms with Gasteiger partial charge in [-0.05, 0) is 6.07 Å². The molecule has 5 N–H and O–H groups in total. The quantitative estimate of drug-likeness (QED) is 0.356. The number of aromatic nitrogens is 2. The molecule has 0 aliphatic carbocycles. The first-order valence-corrected chi connectivity index (χ1v) is 3.42. The molecular formula is C5H7N7O2. The number of rotatable bonds is 2. The highest BCUT2D eigenvalue weighted by Crippen LogP contribution is 1.86. The average Bonchev–Trinajstić information content (AvgIpc) is 2.16. The van der Waals surface area contributed by atoms with E-state index in [-0.39, 0.29) is 5.82 Å². The molecule has 14 heavy (non-hydrogen) atoms. The first kappa shape index (κ1) is 9.64. The zero-order chi connectivity index (χ0) is 10.6. The topological polar surface area (TPSA) is 138 Å². The standard InChI is InChI=1S/C5H7N7O2/c6-3-1-2-12(5(14)8-3)11-10-4(13)9-7/h1-2,7,11H,(H,10,13)(H2,6,8,14). The molecule has 9 nitrogen and oxygen atoms in total. The maximum atomic E-state index is 11.0. The lowest BCUT2D eigenvalue weighted by Gasteiger charge is -2.06. The van der Waals surface area contributed by atoms with E-state index in [0.717, 1.165) is 4.68 Å². The average molecular weight is 197 g/mol. The molecule has 9 heteroatoms. The van der Waals surface area contributed by atoms with Gasteiger partial charge < -0.3 is 5.73 Å². The highest BCUT2D eigenvalue weighted by Gasteiger charge is 1.98. The van der Waals surface area contributed by atoms with Gasteiger partial charge in [0.25, 0.3) is 0 Å². The second-order valence-electron chi connectivity index (χ2n) is 2.16. The minimum Gasteiger partial charge on any atom is -0.383 e.